The number of aliphatic hydroxyl groups excluding tert-OH is 1. The molecular formula is C13H22N2O4. The van der Waals surface area contributed by atoms with Crippen molar-refractivity contribution in [2.45, 2.75) is 25.3 Å². The zero-order valence-corrected chi connectivity index (χ0v) is 11.4. The van der Waals surface area contributed by atoms with Gasteiger partial charge in [0.25, 0.3) is 0 Å². The lowest BCUT2D eigenvalue weighted by atomic mass is 10.1. The lowest BCUT2D eigenvalue weighted by Crippen LogP contribution is -2.40. The Balaban J connectivity index is 1.90. The van der Waals surface area contributed by atoms with Crippen LogP contribution >= 0.6 is 0 Å². The van der Waals surface area contributed by atoms with Crippen LogP contribution in [0.15, 0.2) is 0 Å². The summed E-state index contributed by atoms with van der Waals surface area (Å²) in [7, 11) is 1.60. The molecule has 0 spiro atoms. The Kier molecular flexibility index (Phi) is 4.76. The molecule has 1 unspecified atom stereocenters. The van der Waals surface area contributed by atoms with Crippen molar-refractivity contribution in [3.63, 3.8) is 0 Å². The third-order valence-corrected chi connectivity index (χ3v) is 3.74. The Morgan fingerprint density at radius 1 is 1.53 bits per heavy atom. The lowest BCUT2D eigenvalue weighted by molar-refractivity contribution is -0.136. The molecule has 1 heterocycles. The van der Waals surface area contributed by atoms with Crippen LogP contribution in [-0.4, -0.2) is 72.7 Å². The molecule has 1 N–H and O–H groups in total. The van der Waals surface area contributed by atoms with E-state index in [2.05, 4.69) is 0 Å². The molecule has 1 aliphatic heterocycles. The van der Waals surface area contributed by atoms with Crippen LogP contribution in [0.4, 0.5) is 0 Å². The number of nitrogens with zero attached hydrogens (tertiary/aromatic N) is 2. The van der Waals surface area contributed by atoms with Gasteiger partial charge in [-0.3, -0.25) is 9.59 Å². The number of carbonyl (C=O) groups excluding carboxylic acids is 2. The van der Waals surface area contributed by atoms with E-state index < -0.39 is 0 Å². The second-order valence-corrected chi connectivity index (χ2v) is 5.22. The second kappa shape index (κ2) is 6.34. The van der Waals surface area contributed by atoms with E-state index in [-0.39, 0.29) is 36.8 Å². The number of methoxy groups -OCH3 is 1. The summed E-state index contributed by atoms with van der Waals surface area (Å²) in [4.78, 5) is 27.6. The van der Waals surface area contributed by atoms with Gasteiger partial charge < -0.3 is 19.6 Å². The fourth-order valence-corrected chi connectivity index (χ4v) is 2.56. The SMILES string of the molecule is COCCN1CC(C(=O)N(CCO)C2CC2)CC1=O. The first-order chi connectivity index (χ1) is 9.17. The minimum absolute atomic E-state index is 0.0176. The maximum Gasteiger partial charge on any atom is 0.228 e. The number of carbonyl (C=O) groups is 2. The highest BCUT2D eigenvalue weighted by molar-refractivity contribution is 5.89. The molecule has 0 aromatic heterocycles. The van der Waals surface area contributed by atoms with Crippen molar-refractivity contribution >= 4 is 11.8 Å². The molecule has 1 aliphatic carbocycles. The number of amides is 2. The normalized spacial score (nSPS) is 22.9. The molecule has 2 aliphatic rings. The van der Waals surface area contributed by atoms with E-state index in [0.29, 0.717) is 26.2 Å². The zero-order chi connectivity index (χ0) is 13.8. The fraction of sp³-hybridized carbons (Fsp3) is 0.846. The predicted molar refractivity (Wildman–Crippen MR) is 68.4 cm³/mol. The third-order valence-electron chi connectivity index (χ3n) is 3.74. The molecule has 0 radical (unpaired) electrons. The van der Waals surface area contributed by atoms with Gasteiger partial charge in [-0.25, -0.2) is 0 Å². The van der Waals surface area contributed by atoms with Crippen LogP contribution < -0.4 is 0 Å². The molecule has 1 saturated carbocycles. The highest BCUT2D eigenvalue weighted by atomic mass is 16.5. The number of rotatable bonds is 7. The number of ether oxygens (including phenoxy) is 1. The maximum absolute atomic E-state index is 12.4. The van der Waals surface area contributed by atoms with E-state index in [1.54, 1.807) is 16.9 Å². The molecule has 0 aromatic rings. The third kappa shape index (κ3) is 3.45. The van der Waals surface area contributed by atoms with Gasteiger partial charge in [0, 0.05) is 39.2 Å². The van der Waals surface area contributed by atoms with Crippen LogP contribution in [-0.2, 0) is 14.3 Å². The largest absolute Gasteiger partial charge is 0.395 e. The Labute approximate surface area is 113 Å². The van der Waals surface area contributed by atoms with Crippen molar-refractivity contribution in [3.05, 3.63) is 0 Å². The summed E-state index contributed by atoms with van der Waals surface area (Å²) < 4.78 is 4.96. The summed E-state index contributed by atoms with van der Waals surface area (Å²) in [5, 5.41) is 9.04. The molecule has 2 rings (SSSR count). The number of likely N-dealkylation sites (tertiary alicyclic amines) is 1. The predicted octanol–water partition coefficient (Wildman–Crippen LogP) is -0.535. The van der Waals surface area contributed by atoms with E-state index in [1.807, 2.05) is 0 Å². The van der Waals surface area contributed by atoms with Crippen molar-refractivity contribution in [2.75, 3.05) is 40.0 Å². The molecule has 6 nitrogen and oxygen atoms in total. The molecule has 1 atom stereocenters. The zero-order valence-electron chi connectivity index (χ0n) is 11.4. The van der Waals surface area contributed by atoms with Crippen molar-refractivity contribution in [3.8, 4) is 0 Å². The van der Waals surface area contributed by atoms with Crippen LogP contribution in [0.1, 0.15) is 19.3 Å². The van der Waals surface area contributed by atoms with Gasteiger partial charge in [-0.2, -0.15) is 0 Å². The fourth-order valence-electron chi connectivity index (χ4n) is 2.56. The summed E-state index contributed by atoms with van der Waals surface area (Å²) in [6.07, 6.45) is 2.32. The molecule has 19 heavy (non-hydrogen) atoms. The van der Waals surface area contributed by atoms with E-state index in [0.717, 1.165) is 12.8 Å². The summed E-state index contributed by atoms with van der Waals surface area (Å²) >= 11 is 0. The van der Waals surface area contributed by atoms with Gasteiger partial charge >= 0.3 is 0 Å². The highest BCUT2D eigenvalue weighted by Gasteiger charge is 2.40. The molecular weight excluding hydrogens is 248 g/mol. The van der Waals surface area contributed by atoms with Gasteiger partial charge in [-0.1, -0.05) is 0 Å². The quantitative estimate of drug-likeness (QED) is 0.675. The van der Waals surface area contributed by atoms with Gasteiger partial charge in [0.05, 0.1) is 19.1 Å². The smallest absolute Gasteiger partial charge is 0.228 e. The van der Waals surface area contributed by atoms with Gasteiger partial charge in [0.15, 0.2) is 0 Å². The van der Waals surface area contributed by atoms with Crippen molar-refractivity contribution in [1.29, 1.82) is 0 Å². The number of aliphatic hydroxyl groups is 1. The minimum Gasteiger partial charge on any atom is -0.395 e. The Hall–Kier alpha value is -1.14. The summed E-state index contributed by atoms with van der Waals surface area (Å²) in [6, 6.07) is 0.280. The Morgan fingerprint density at radius 2 is 2.26 bits per heavy atom. The van der Waals surface area contributed by atoms with Gasteiger partial charge in [0.1, 0.15) is 0 Å². The number of hydrogen-bond donors (Lipinski definition) is 1. The minimum atomic E-state index is -0.253. The van der Waals surface area contributed by atoms with Crippen molar-refractivity contribution in [2.24, 2.45) is 5.92 Å². The maximum atomic E-state index is 12.4. The second-order valence-electron chi connectivity index (χ2n) is 5.22. The average Bonchev–Trinajstić information content (AvgIpc) is 3.17. The average molecular weight is 270 g/mol. The van der Waals surface area contributed by atoms with E-state index in [9.17, 15) is 9.59 Å². The molecule has 0 bridgehead atoms. The highest BCUT2D eigenvalue weighted by Crippen LogP contribution is 2.30. The van der Waals surface area contributed by atoms with Crippen molar-refractivity contribution in [1.82, 2.24) is 9.80 Å². The van der Waals surface area contributed by atoms with Gasteiger partial charge in [0.2, 0.25) is 11.8 Å². The van der Waals surface area contributed by atoms with Crippen LogP contribution in [0.5, 0.6) is 0 Å². The first-order valence-corrected chi connectivity index (χ1v) is 6.85. The van der Waals surface area contributed by atoms with Crippen molar-refractivity contribution < 1.29 is 19.4 Å². The standard InChI is InChI=1S/C13H22N2O4/c1-19-7-5-14-9-10(8-12(14)17)13(18)15(4-6-16)11-2-3-11/h10-11,16H,2-9H2,1H3. The molecule has 108 valence electrons. The molecule has 0 aromatic carbocycles. The first kappa shape index (κ1) is 14.3. The van der Waals surface area contributed by atoms with Gasteiger partial charge in [-0.05, 0) is 12.8 Å². The number of hydrogen-bond acceptors (Lipinski definition) is 4. The lowest BCUT2D eigenvalue weighted by Gasteiger charge is -2.24. The van der Waals surface area contributed by atoms with Gasteiger partial charge in [-0.15, -0.1) is 0 Å². The van der Waals surface area contributed by atoms with Crippen LogP contribution in [0.3, 0.4) is 0 Å². The Bertz CT molecular complexity index is 344. The molecule has 6 heteroatoms. The molecule has 1 saturated heterocycles. The van der Waals surface area contributed by atoms with Crippen LogP contribution in [0.25, 0.3) is 0 Å². The molecule has 2 fully saturated rings. The Morgan fingerprint density at radius 3 is 2.84 bits per heavy atom. The molecule has 2 amide bonds. The summed E-state index contributed by atoms with van der Waals surface area (Å²) in [5.41, 5.74) is 0. The monoisotopic (exact) mass is 270 g/mol. The van der Waals surface area contributed by atoms with Crippen LogP contribution in [0.2, 0.25) is 0 Å². The van der Waals surface area contributed by atoms with Crippen LogP contribution in [0, 0.1) is 5.92 Å². The van der Waals surface area contributed by atoms with E-state index in [4.69, 9.17) is 9.84 Å². The summed E-state index contributed by atoms with van der Waals surface area (Å²) in [5.74, 6) is -0.212. The summed E-state index contributed by atoms with van der Waals surface area (Å²) in [6.45, 7) is 1.89. The topological polar surface area (TPSA) is 70.1 Å². The van der Waals surface area contributed by atoms with E-state index in [1.165, 1.54) is 0 Å². The first-order valence-electron chi connectivity index (χ1n) is 6.85. The van der Waals surface area contributed by atoms with E-state index >= 15 is 0 Å².